The summed E-state index contributed by atoms with van der Waals surface area (Å²) in [7, 11) is 1.67. The van der Waals surface area contributed by atoms with Crippen molar-refractivity contribution in [3.63, 3.8) is 0 Å². The Bertz CT molecular complexity index is 880. The fourth-order valence-corrected chi connectivity index (χ4v) is 3.70. The highest BCUT2D eigenvalue weighted by Crippen LogP contribution is 2.28. The molecule has 3 rings (SSSR count). The molecule has 0 aliphatic carbocycles. The number of hydrogen-bond donors (Lipinski definition) is 2. The van der Waals surface area contributed by atoms with E-state index < -0.39 is 0 Å². The molecule has 0 saturated heterocycles. The standard InChI is InChI=1S/C23H25BrN2O/c1-16-7-3-5-9-20(16)23(26-18-11-13-19(27-2)14-12-18)22(25)15-17-8-4-6-10-21(17)24/h3-14,22-23,26H,15,25H2,1-2H3/t22-,23+/m0/s1. The van der Waals surface area contributed by atoms with Crippen molar-refractivity contribution in [1.82, 2.24) is 0 Å². The number of ether oxygens (including phenoxy) is 1. The highest BCUT2D eigenvalue weighted by atomic mass is 79.9. The number of nitrogens with two attached hydrogens (primary N) is 1. The van der Waals surface area contributed by atoms with Crippen LogP contribution in [0, 0.1) is 6.92 Å². The maximum Gasteiger partial charge on any atom is 0.119 e. The van der Waals surface area contributed by atoms with Crippen LogP contribution in [0.2, 0.25) is 0 Å². The van der Waals surface area contributed by atoms with E-state index in [1.54, 1.807) is 7.11 Å². The summed E-state index contributed by atoms with van der Waals surface area (Å²) in [5.41, 5.74) is 11.4. The van der Waals surface area contributed by atoms with Crippen molar-refractivity contribution >= 4 is 21.6 Å². The van der Waals surface area contributed by atoms with Gasteiger partial charge in [0.05, 0.1) is 13.2 Å². The lowest BCUT2D eigenvalue weighted by Gasteiger charge is -2.28. The Hall–Kier alpha value is -2.30. The molecule has 140 valence electrons. The average Bonchev–Trinajstić information content (AvgIpc) is 2.69. The number of anilines is 1. The Balaban J connectivity index is 1.89. The molecule has 0 aliphatic heterocycles. The third kappa shape index (κ3) is 4.90. The molecule has 27 heavy (non-hydrogen) atoms. The summed E-state index contributed by atoms with van der Waals surface area (Å²) in [6.07, 6.45) is 0.767. The largest absolute Gasteiger partial charge is 0.497 e. The van der Waals surface area contributed by atoms with E-state index in [0.717, 1.165) is 22.3 Å². The summed E-state index contributed by atoms with van der Waals surface area (Å²) >= 11 is 3.64. The zero-order valence-electron chi connectivity index (χ0n) is 15.7. The highest BCUT2D eigenvalue weighted by Gasteiger charge is 2.22. The van der Waals surface area contributed by atoms with Crippen molar-refractivity contribution < 1.29 is 4.74 Å². The van der Waals surface area contributed by atoms with Gasteiger partial charge in [-0.1, -0.05) is 58.4 Å². The van der Waals surface area contributed by atoms with E-state index in [0.29, 0.717) is 0 Å². The van der Waals surface area contributed by atoms with Gasteiger partial charge in [0.1, 0.15) is 5.75 Å². The first-order valence-corrected chi connectivity index (χ1v) is 9.83. The molecule has 3 nitrogen and oxygen atoms in total. The Morgan fingerprint density at radius 1 is 0.963 bits per heavy atom. The van der Waals surface area contributed by atoms with Crippen molar-refractivity contribution in [1.29, 1.82) is 0 Å². The van der Waals surface area contributed by atoms with Gasteiger partial charge in [0, 0.05) is 16.2 Å². The number of hydrogen-bond acceptors (Lipinski definition) is 3. The van der Waals surface area contributed by atoms with Crippen LogP contribution in [0.4, 0.5) is 5.69 Å². The Kier molecular flexibility index (Phi) is 6.54. The summed E-state index contributed by atoms with van der Waals surface area (Å²) < 4.78 is 6.35. The second kappa shape index (κ2) is 9.07. The van der Waals surface area contributed by atoms with E-state index >= 15 is 0 Å². The summed E-state index contributed by atoms with van der Waals surface area (Å²) in [5.74, 6) is 0.838. The van der Waals surface area contributed by atoms with Gasteiger partial charge in [-0.05, 0) is 60.4 Å². The summed E-state index contributed by atoms with van der Waals surface area (Å²) in [5, 5.41) is 3.63. The SMILES string of the molecule is COc1ccc(N[C@H](c2ccccc2C)[C@@H](N)Cc2ccccc2Br)cc1. The first-order chi connectivity index (χ1) is 13.1. The number of methoxy groups -OCH3 is 1. The monoisotopic (exact) mass is 424 g/mol. The van der Waals surface area contributed by atoms with Gasteiger partial charge >= 0.3 is 0 Å². The minimum atomic E-state index is -0.0908. The molecular weight excluding hydrogens is 400 g/mol. The van der Waals surface area contributed by atoms with Crippen LogP contribution in [0.15, 0.2) is 77.3 Å². The molecule has 0 bridgehead atoms. The van der Waals surface area contributed by atoms with Crippen LogP contribution < -0.4 is 15.8 Å². The predicted molar refractivity (Wildman–Crippen MR) is 116 cm³/mol. The third-order valence-electron chi connectivity index (χ3n) is 4.78. The van der Waals surface area contributed by atoms with Gasteiger partial charge in [-0.25, -0.2) is 0 Å². The molecule has 0 aromatic heterocycles. The van der Waals surface area contributed by atoms with Gasteiger partial charge in [0.15, 0.2) is 0 Å². The summed E-state index contributed by atoms with van der Waals surface area (Å²) in [4.78, 5) is 0. The molecule has 4 heteroatoms. The molecule has 0 saturated carbocycles. The van der Waals surface area contributed by atoms with E-state index in [1.807, 2.05) is 36.4 Å². The molecule has 0 amide bonds. The van der Waals surface area contributed by atoms with Crippen LogP contribution in [-0.2, 0) is 6.42 Å². The summed E-state index contributed by atoms with van der Waals surface area (Å²) in [6.45, 7) is 2.13. The molecule has 3 aromatic rings. The van der Waals surface area contributed by atoms with Crippen molar-refractivity contribution in [2.75, 3.05) is 12.4 Å². The lowest BCUT2D eigenvalue weighted by Crippen LogP contribution is -2.35. The minimum Gasteiger partial charge on any atom is -0.497 e. The molecule has 0 unspecified atom stereocenters. The normalized spacial score (nSPS) is 13.0. The quantitative estimate of drug-likeness (QED) is 0.526. The van der Waals surface area contributed by atoms with Gasteiger partial charge in [0.25, 0.3) is 0 Å². The first-order valence-electron chi connectivity index (χ1n) is 9.03. The van der Waals surface area contributed by atoms with Crippen molar-refractivity contribution in [2.45, 2.75) is 25.4 Å². The average molecular weight is 425 g/mol. The fourth-order valence-electron chi connectivity index (χ4n) is 3.25. The van der Waals surface area contributed by atoms with Crippen molar-refractivity contribution in [3.8, 4) is 5.75 Å². The van der Waals surface area contributed by atoms with Crippen LogP contribution in [0.5, 0.6) is 5.75 Å². The molecule has 0 aliphatic rings. The zero-order chi connectivity index (χ0) is 19.2. The van der Waals surface area contributed by atoms with Gasteiger partial charge < -0.3 is 15.8 Å². The topological polar surface area (TPSA) is 47.3 Å². The number of aryl methyl sites for hydroxylation is 1. The molecule has 3 N–H and O–H groups in total. The van der Waals surface area contributed by atoms with Crippen LogP contribution >= 0.6 is 15.9 Å². The molecule has 2 atom stereocenters. The van der Waals surface area contributed by atoms with Gasteiger partial charge in [0.2, 0.25) is 0 Å². The van der Waals surface area contributed by atoms with Crippen molar-refractivity contribution in [3.05, 3.63) is 94.0 Å². The Morgan fingerprint density at radius 3 is 2.30 bits per heavy atom. The van der Waals surface area contributed by atoms with Crippen molar-refractivity contribution in [2.24, 2.45) is 5.73 Å². The summed E-state index contributed by atoms with van der Waals surface area (Å²) in [6, 6.07) is 24.5. The molecule has 0 radical (unpaired) electrons. The second-order valence-electron chi connectivity index (χ2n) is 6.67. The molecule has 0 heterocycles. The molecule has 0 fully saturated rings. The molecule has 3 aromatic carbocycles. The van der Waals surface area contributed by atoms with Crippen LogP contribution in [-0.4, -0.2) is 13.2 Å². The second-order valence-corrected chi connectivity index (χ2v) is 7.52. The van der Waals surface area contributed by atoms with E-state index in [1.165, 1.54) is 16.7 Å². The zero-order valence-corrected chi connectivity index (χ0v) is 17.2. The Labute approximate surface area is 169 Å². The highest BCUT2D eigenvalue weighted by molar-refractivity contribution is 9.10. The van der Waals surface area contributed by atoms with Crippen LogP contribution in [0.1, 0.15) is 22.7 Å². The van der Waals surface area contributed by atoms with Crippen LogP contribution in [0.25, 0.3) is 0 Å². The van der Waals surface area contributed by atoms with E-state index in [-0.39, 0.29) is 12.1 Å². The number of nitrogens with one attached hydrogen (secondary N) is 1. The van der Waals surface area contributed by atoms with E-state index in [9.17, 15) is 0 Å². The number of halogens is 1. The van der Waals surface area contributed by atoms with E-state index in [4.69, 9.17) is 10.5 Å². The fraction of sp³-hybridized carbons (Fsp3) is 0.217. The van der Waals surface area contributed by atoms with Gasteiger partial charge in [-0.2, -0.15) is 0 Å². The molecule has 0 spiro atoms. The van der Waals surface area contributed by atoms with E-state index in [2.05, 4.69) is 64.6 Å². The number of rotatable bonds is 7. The van der Waals surface area contributed by atoms with Crippen LogP contribution in [0.3, 0.4) is 0 Å². The molecular formula is C23H25BrN2O. The lowest BCUT2D eigenvalue weighted by atomic mass is 9.91. The third-order valence-corrected chi connectivity index (χ3v) is 5.55. The predicted octanol–water partition coefficient (Wildman–Crippen LogP) is 5.49. The maximum atomic E-state index is 6.72. The number of benzene rings is 3. The van der Waals surface area contributed by atoms with Gasteiger partial charge in [-0.3, -0.25) is 0 Å². The van der Waals surface area contributed by atoms with Gasteiger partial charge in [-0.15, -0.1) is 0 Å². The Morgan fingerprint density at radius 2 is 1.63 bits per heavy atom. The smallest absolute Gasteiger partial charge is 0.119 e. The lowest BCUT2D eigenvalue weighted by molar-refractivity contribution is 0.415. The first kappa shape index (κ1) is 19.5. The minimum absolute atomic E-state index is 0.00768. The maximum absolute atomic E-state index is 6.72.